The standard InChI is InChI=1S/C27H17NO9/c1-2-35-27(32)25-19(14-7-5-6-10-20(14)37-25)13-36-26(31)18-12-11-17-21(22(18)28(33)34)24(30)16-9-4-3-8-15(16)23(17)29/h3-12H,2,13H2,1H3. The van der Waals surface area contributed by atoms with Crippen molar-refractivity contribution in [2.75, 3.05) is 6.61 Å². The molecule has 0 saturated heterocycles. The van der Waals surface area contributed by atoms with Gasteiger partial charge < -0.3 is 13.9 Å². The van der Waals surface area contributed by atoms with Crippen molar-refractivity contribution < 1.29 is 38.0 Å². The summed E-state index contributed by atoms with van der Waals surface area (Å²) in [5, 5.41) is 12.5. The fraction of sp³-hybridized carbons (Fsp3) is 0.111. The first kappa shape index (κ1) is 23.6. The van der Waals surface area contributed by atoms with E-state index in [9.17, 15) is 29.3 Å². The number of para-hydroxylation sites is 1. The van der Waals surface area contributed by atoms with Gasteiger partial charge >= 0.3 is 11.9 Å². The number of nitrogens with zero attached hydrogens (tertiary/aromatic N) is 1. The lowest BCUT2D eigenvalue weighted by Crippen LogP contribution is -2.23. The van der Waals surface area contributed by atoms with Gasteiger partial charge in [0.25, 0.3) is 5.69 Å². The summed E-state index contributed by atoms with van der Waals surface area (Å²) in [4.78, 5) is 62.7. The van der Waals surface area contributed by atoms with Crippen LogP contribution in [0.25, 0.3) is 11.0 Å². The van der Waals surface area contributed by atoms with Gasteiger partial charge in [0.2, 0.25) is 11.5 Å². The monoisotopic (exact) mass is 499 g/mol. The van der Waals surface area contributed by atoms with Gasteiger partial charge in [-0.15, -0.1) is 0 Å². The Kier molecular flexibility index (Phi) is 5.84. The normalized spacial score (nSPS) is 12.1. The summed E-state index contributed by atoms with van der Waals surface area (Å²) in [7, 11) is 0. The Morgan fingerprint density at radius 1 is 0.865 bits per heavy atom. The zero-order chi connectivity index (χ0) is 26.3. The van der Waals surface area contributed by atoms with Crippen LogP contribution in [-0.4, -0.2) is 35.0 Å². The summed E-state index contributed by atoms with van der Waals surface area (Å²) in [6, 6.07) is 14.9. The van der Waals surface area contributed by atoms with Crippen LogP contribution >= 0.6 is 0 Å². The van der Waals surface area contributed by atoms with Crippen LogP contribution in [0.5, 0.6) is 0 Å². The second-order valence-corrected chi connectivity index (χ2v) is 8.05. The summed E-state index contributed by atoms with van der Waals surface area (Å²) >= 11 is 0. The van der Waals surface area contributed by atoms with E-state index in [1.54, 1.807) is 37.3 Å². The predicted octanol–water partition coefficient (Wildman–Crippen LogP) is 4.65. The molecule has 0 radical (unpaired) electrons. The van der Waals surface area contributed by atoms with Gasteiger partial charge in [-0.05, 0) is 25.1 Å². The van der Waals surface area contributed by atoms with Crippen LogP contribution in [0.2, 0.25) is 0 Å². The summed E-state index contributed by atoms with van der Waals surface area (Å²) in [6.07, 6.45) is 0. The molecular formula is C27H17NO9. The molecule has 0 bridgehead atoms. The van der Waals surface area contributed by atoms with Crippen LogP contribution < -0.4 is 0 Å². The molecule has 5 rings (SSSR count). The number of benzene rings is 3. The molecule has 0 fully saturated rings. The average molecular weight is 499 g/mol. The Morgan fingerprint density at radius 3 is 2.24 bits per heavy atom. The Morgan fingerprint density at radius 2 is 1.54 bits per heavy atom. The number of carbonyl (C=O) groups is 4. The Hall–Kier alpha value is -5.12. The molecule has 1 aromatic heterocycles. The highest BCUT2D eigenvalue weighted by atomic mass is 16.6. The first-order chi connectivity index (χ1) is 17.8. The van der Waals surface area contributed by atoms with Crippen molar-refractivity contribution in [3.05, 3.63) is 110 Å². The first-order valence-electron chi connectivity index (χ1n) is 11.2. The van der Waals surface area contributed by atoms with Crippen molar-refractivity contribution in [1.29, 1.82) is 0 Å². The lowest BCUT2D eigenvalue weighted by Gasteiger charge is -2.18. The SMILES string of the molecule is CCOC(=O)c1oc2ccccc2c1COC(=O)c1ccc2c(c1[N+](=O)[O-])C(=O)c1ccccc1C2=O. The van der Waals surface area contributed by atoms with Crippen molar-refractivity contribution in [3.8, 4) is 0 Å². The number of ether oxygens (including phenoxy) is 2. The van der Waals surface area contributed by atoms with Gasteiger partial charge in [0.1, 0.15) is 23.3 Å². The van der Waals surface area contributed by atoms with Crippen LogP contribution in [0.15, 0.2) is 65.1 Å². The third-order valence-corrected chi connectivity index (χ3v) is 5.98. The minimum Gasteiger partial charge on any atom is -0.460 e. The smallest absolute Gasteiger partial charge is 0.374 e. The Balaban J connectivity index is 1.53. The maximum atomic E-state index is 13.2. The molecule has 0 unspecified atom stereocenters. The number of furan rings is 1. The fourth-order valence-electron chi connectivity index (χ4n) is 4.34. The molecule has 3 aromatic carbocycles. The molecule has 0 aliphatic heterocycles. The third-order valence-electron chi connectivity index (χ3n) is 5.98. The van der Waals surface area contributed by atoms with Gasteiger partial charge in [-0.3, -0.25) is 19.7 Å². The topological polar surface area (TPSA) is 143 Å². The van der Waals surface area contributed by atoms with Crippen molar-refractivity contribution in [2.45, 2.75) is 13.5 Å². The molecule has 37 heavy (non-hydrogen) atoms. The fourth-order valence-corrected chi connectivity index (χ4v) is 4.34. The van der Waals surface area contributed by atoms with Crippen molar-refractivity contribution >= 4 is 40.2 Å². The lowest BCUT2D eigenvalue weighted by atomic mass is 9.82. The van der Waals surface area contributed by atoms with Gasteiger partial charge in [0.15, 0.2) is 5.78 Å². The van der Waals surface area contributed by atoms with E-state index in [-0.39, 0.29) is 34.6 Å². The highest BCUT2D eigenvalue weighted by molar-refractivity contribution is 6.30. The van der Waals surface area contributed by atoms with Crippen LogP contribution in [0.1, 0.15) is 65.2 Å². The Bertz CT molecular complexity index is 1650. The maximum absolute atomic E-state index is 13.2. The number of nitro groups is 1. The second kappa shape index (κ2) is 9.15. The molecule has 10 heteroatoms. The molecular weight excluding hydrogens is 482 g/mol. The van der Waals surface area contributed by atoms with Crippen LogP contribution in [0.4, 0.5) is 5.69 Å². The van der Waals surface area contributed by atoms with Crippen LogP contribution in [-0.2, 0) is 16.1 Å². The number of fused-ring (bicyclic) bond motifs is 3. The number of hydrogen-bond acceptors (Lipinski definition) is 9. The molecule has 0 amide bonds. The summed E-state index contributed by atoms with van der Waals surface area (Å²) in [5.74, 6) is -3.33. The number of carbonyl (C=O) groups excluding carboxylic acids is 4. The molecule has 0 atom stereocenters. The predicted molar refractivity (Wildman–Crippen MR) is 128 cm³/mol. The van der Waals surface area contributed by atoms with Crippen LogP contribution in [0.3, 0.4) is 0 Å². The first-order valence-corrected chi connectivity index (χ1v) is 11.2. The van der Waals surface area contributed by atoms with E-state index in [0.717, 1.165) is 6.07 Å². The van der Waals surface area contributed by atoms with Gasteiger partial charge in [-0.25, -0.2) is 9.59 Å². The number of nitro benzene ring substituents is 1. The second-order valence-electron chi connectivity index (χ2n) is 8.05. The lowest BCUT2D eigenvalue weighted by molar-refractivity contribution is -0.385. The number of hydrogen-bond donors (Lipinski definition) is 0. The average Bonchev–Trinajstić information content (AvgIpc) is 3.28. The maximum Gasteiger partial charge on any atom is 0.374 e. The molecule has 0 spiro atoms. The van der Waals surface area contributed by atoms with E-state index in [1.807, 2.05) is 0 Å². The molecule has 1 heterocycles. The number of rotatable bonds is 6. The zero-order valence-electron chi connectivity index (χ0n) is 19.3. The summed E-state index contributed by atoms with van der Waals surface area (Å²) in [5.41, 5.74) is -1.24. The van der Waals surface area contributed by atoms with Crippen molar-refractivity contribution in [1.82, 2.24) is 0 Å². The van der Waals surface area contributed by atoms with E-state index in [4.69, 9.17) is 13.9 Å². The third kappa shape index (κ3) is 3.84. The molecule has 4 aromatic rings. The molecule has 0 saturated carbocycles. The van der Waals surface area contributed by atoms with Gasteiger partial charge in [-0.1, -0.05) is 42.5 Å². The van der Waals surface area contributed by atoms with E-state index in [2.05, 4.69) is 0 Å². The molecule has 184 valence electrons. The van der Waals surface area contributed by atoms with Gasteiger partial charge in [0.05, 0.1) is 17.1 Å². The van der Waals surface area contributed by atoms with E-state index in [0.29, 0.717) is 11.0 Å². The Labute approximate surface area is 208 Å². The van der Waals surface area contributed by atoms with Crippen LogP contribution in [0, 0.1) is 10.1 Å². The molecule has 1 aliphatic carbocycles. The minimum atomic E-state index is -1.12. The summed E-state index contributed by atoms with van der Waals surface area (Å²) < 4.78 is 16.0. The highest BCUT2D eigenvalue weighted by Gasteiger charge is 2.39. The number of ketones is 2. The highest BCUT2D eigenvalue weighted by Crippen LogP contribution is 2.36. The molecule has 1 aliphatic rings. The molecule has 0 N–H and O–H groups in total. The summed E-state index contributed by atoms with van der Waals surface area (Å²) in [6.45, 7) is 1.25. The largest absolute Gasteiger partial charge is 0.460 e. The van der Waals surface area contributed by atoms with E-state index >= 15 is 0 Å². The van der Waals surface area contributed by atoms with Crippen molar-refractivity contribution in [2.24, 2.45) is 0 Å². The van der Waals surface area contributed by atoms with E-state index < -0.39 is 51.8 Å². The van der Waals surface area contributed by atoms with Gasteiger partial charge in [0, 0.05) is 22.1 Å². The van der Waals surface area contributed by atoms with Gasteiger partial charge in [-0.2, -0.15) is 0 Å². The number of esters is 2. The van der Waals surface area contributed by atoms with E-state index in [1.165, 1.54) is 24.3 Å². The van der Waals surface area contributed by atoms with Crippen molar-refractivity contribution in [3.63, 3.8) is 0 Å². The minimum absolute atomic E-state index is 0.0116. The quantitative estimate of drug-likeness (QED) is 0.185. The zero-order valence-corrected chi connectivity index (χ0v) is 19.3. The molecule has 10 nitrogen and oxygen atoms in total.